The molecule has 2 rings (SSSR count). The number of hydrogen-bond donors (Lipinski definition) is 1. The normalized spacial score (nSPS) is 10.2. The summed E-state index contributed by atoms with van der Waals surface area (Å²) in [4.78, 5) is 25.9. The van der Waals surface area contributed by atoms with Crippen LogP contribution in [0.3, 0.4) is 0 Å². The minimum Gasteiger partial charge on any atom is -0.302 e. The van der Waals surface area contributed by atoms with Gasteiger partial charge in [-0.15, -0.1) is 11.3 Å². The van der Waals surface area contributed by atoms with Crippen LogP contribution < -0.4 is 5.32 Å². The molecule has 98 valence electrons. The van der Waals surface area contributed by atoms with E-state index in [-0.39, 0.29) is 18.0 Å². The van der Waals surface area contributed by atoms with Gasteiger partial charge >= 0.3 is 0 Å². The first-order valence-corrected chi connectivity index (χ1v) is 6.38. The molecule has 0 atom stereocenters. The molecule has 0 saturated carbocycles. The van der Waals surface area contributed by atoms with Gasteiger partial charge in [0, 0.05) is 17.5 Å². The van der Waals surface area contributed by atoms with E-state index < -0.39 is 4.92 Å². The number of aryl methyl sites for hydroxylation is 1. The molecule has 0 aliphatic rings. The van der Waals surface area contributed by atoms with Crippen LogP contribution in [-0.4, -0.2) is 15.8 Å². The third kappa shape index (κ3) is 3.59. The molecule has 0 spiro atoms. The summed E-state index contributed by atoms with van der Waals surface area (Å²) in [6.45, 7) is 1.85. The van der Waals surface area contributed by atoms with E-state index >= 15 is 0 Å². The molecule has 0 aliphatic carbocycles. The van der Waals surface area contributed by atoms with Gasteiger partial charge in [-0.3, -0.25) is 14.9 Å². The van der Waals surface area contributed by atoms with E-state index in [0.29, 0.717) is 5.13 Å². The van der Waals surface area contributed by atoms with Crippen molar-refractivity contribution >= 4 is 28.1 Å². The molecule has 1 N–H and O–H groups in total. The predicted molar refractivity (Wildman–Crippen MR) is 72.3 cm³/mol. The van der Waals surface area contributed by atoms with Crippen molar-refractivity contribution in [2.75, 3.05) is 5.32 Å². The first-order chi connectivity index (χ1) is 9.04. The quantitative estimate of drug-likeness (QED) is 0.687. The van der Waals surface area contributed by atoms with Crippen molar-refractivity contribution in [3.63, 3.8) is 0 Å². The molecule has 0 bridgehead atoms. The SMILES string of the molecule is Cc1csc(NC(=O)Cc2ccc([N+](=O)[O-])cc2)n1. The number of nitro groups is 1. The van der Waals surface area contributed by atoms with Crippen molar-refractivity contribution in [3.05, 3.63) is 51.0 Å². The second-order valence-electron chi connectivity index (χ2n) is 3.94. The fourth-order valence-electron chi connectivity index (χ4n) is 1.50. The average molecular weight is 277 g/mol. The number of nitrogens with zero attached hydrogens (tertiary/aromatic N) is 2. The van der Waals surface area contributed by atoms with Crippen molar-refractivity contribution in [2.24, 2.45) is 0 Å². The zero-order chi connectivity index (χ0) is 13.8. The van der Waals surface area contributed by atoms with Crippen LogP contribution in [0.2, 0.25) is 0 Å². The van der Waals surface area contributed by atoms with E-state index in [4.69, 9.17) is 0 Å². The summed E-state index contributed by atoms with van der Waals surface area (Å²) in [6, 6.07) is 5.92. The summed E-state index contributed by atoms with van der Waals surface area (Å²) >= 11 is 1.36. The summed E-state index contributed by atoms with van der Waals surface area (Å²) in [7, 11) is 0. The van der Waals surface area contributed by atoms with Crippen molar-refractivity contribution in [3.8, 4) is 0 Å². The molecule has 0 fully saturated rings. The number of nitro benzene ring substituents is 1. The lowest BCUT2D eigenvalue weighted by atomic mass is 10.1. The maximum absolute atomic E-state index is 11.7. The number of aromatic nitrogens is 1. The standard InChI is InChI=1S/C12H11N3O3S/c1-8-7-19-12(13-8)14-11(16)6-9-2-4-10(5-3-9)15(17)18/h2-5,7H,6H2,1H3,(H,13,14,16). The Hall–Kier alpha value is -2.28. The van der Waals surface area contributed by atoms with Crippen LogP contribution in [-0.2, 0) is 11.2 Å². The third-order valence-electron chi connectivity index (χ3n) is 2.38. The lowest BCUT2D eigenvalue weighted by molar-refractivity contribution is -0.384. The number of hydrogen-bond acceptors (Lipinski definition) is 5. The molecule has 7 heteroatoms. The van der Waals surface area contributed by atoms with Crippen molar-refractivity contribution in [2.45, 2.75) is 13.3 Å². The van der Waals surface area contributed by atoms with Crippen LogP contribution >= 0.6 is 11.3 Å². The van der Waals surface area contributed by atoms with Crippen molar-refractivity contribution < 1.29 is 9.72 Å². The summed E-state index contributed by atoms with van der Waals surface area (Å²) < 4.78 is 0. The highest BCUT2D eigenvalue weighted by Gasteiger charge is 2.08. The van der Waals surface area contributed by atoms with E-state index in [2.05, 4.69) is 10.3 Å². The Labute approximate surface area is 113 Å². The van der Waals surface area contributed by atoms with Gasteiger partial charge < -0.3 is 5.32 Å². The van der Waals surface area contributed by atoms with Gasteiger partial charge in [0.2, 0.25) is 5.91 Å². The Balaban J connectivity index is 1.97. The number of nitrogens with one attached hydrogen (secondary N) is 1. The second-order valence-corrected chi connectivity index (χ2v) is 4.80. The van der Waals surface area contributed by atoms with Crippen LogP contribution in [0.1, 0.15) is 11.3 Å². The molecule has 1 aromatic heterocycles. The Morgan fingerprint density at radius 2 is 2.11 bits per heavy atom. The van der Waals surface area contributed by atoms with Crippen LogP contribution in [0, 0.1) is 17.0 Å². The van der Waals surface area contributed by atoms with Gasteiger partial charge in [0.05, 0.1) is 17.0 Å². The molecule has 0 unspecified atom stereocenters. The lowest BCUT2D eigenvalue weighted by Crippen LogP contribution is -2.14. The first kappa shape index (κ1) is 13.2. The van der Waals surface area contributed by atoms with Gasteiger partial charge in [-0.25, -0.2) is 4.98 Å². The number of anilines is 1. The second kappa shape index (κ2) is 5.57. The van der Waals surface area contributed by atoms with Crippen LogP contribution in [0.5, 0.6) is 0 Å². The average Bonchev–Trinajstić information content (AvgIpc) is 2.75. The lowest BCUT2D eigenvalue weighted by Gasteiger charge is -2.01. The fraction of sp³-hybridized carbons (Fsp3) is 0.167. The molecule has 0 radical (unpaired) electrons. The van der Waals surface area contributed by atoms with Gasteiger partial charge in [-0.1, -0.05) is 12.1 Å². The number of carbonyl (C=O) groups excluding carboxylic acids is 1. The molecule has 0 saturated heterocycles. The fourth-order valence-corrected chi connectivity index (χ4v) is 2.20. The van der Waals surface area contributed by atoms with E-state index in [1.807, 2.05) is 12.3 Å². The highest BCUT2D eigenvalue weighted by Crippen LogP contribution is 2.16. The maximum atomic E-state index is 11.7. The largest absolute Gasteiger partial charge is 0.302 e. The number of thiazole rings is 1. The molecule has 1 aromatic carbocycles. The molecule has 2 aromatic rings. The maximum Gasteiger partial charge on any atom is 0.269 e. The van der Waals surface area contributed by atoms with Crippen LogP contribution in [0.25, 0.3) is 0 Å². The van der Waals surface area contributed by atoms with E-state index in [1.54, 1.807) is 12.1 Å². The Morgan fingerprint density at radius 3 is 2.63 bits per heavy atom. The van der Waals surface area contributed by atoms with E-state index in [9.17, 15) is 14.9 Å². The summed E-state index contributed by atoms with van der Waals surface area (Å²) in [5.41, 5.74) is 1.59. The van der Waals surface area contributed by atoms with Crippen molar-refractivity contribution in [1.29, 1.82) is 0 Å². The Kier molecular flexibility index (Phi) is 3.86. The van der Waals surface area contributed by atoms with Gasteiger partial charge in [-0.05, 0) is 12.5 Å². The van der Waals surface area contributed by atoms with Gasteiger partial charge in [0.1, 0.15) is 0 Å². The van der Waals surface area contributed by atoms with Gasteiger partial charge in [0.15, 0.2) is 5.13 Å². The summed E-state index contributed by atoms with van der Waals surface area (Å²) in [6.07, 6.45) is 0.163. The highest BCUT2D eigenvalue weighted by molar-refractivity contribution is 7.13. The number of rotatable bonds is 4. The molecule has 19 heavy (non-hydrogen) atoms. The highest BCUT2D eigenvalue weighted by atomic mass is 32.1. The third-order valence-corrected chi connectivity index (χ3v) is 3.25. The molecule has 1 heterocycles. The van der Waals surface area contributed by atoms with Crippen molar-refractivity contribution in [1.82, 2.24) is 4.98 Å². The van der Waals surface area contributed by atoms with Crippen LogP contribution in [0.4, 0.5) is 10.8 Å². The zero-order valence-electron chi connectivity index (χ0n) is 10.1. The molecule has 0 aliphatic heterocycles. The monoisotopic (exact) mass is 277 g/mol. The number of amides is 1. The number of non-ortho nitro benzene ring substituents is 1. The minimum atomic E-state index is -0.470. The zero-order valence-corrected chi connectivity index (χ0v) is 10.9. The Morgan fingerprint density at radius 1 is 1.42 bits per heavy atom. The minimum absolute atomic E-state index is 0.0136. The van der Waals surface area contributed by atoms with E-state index in [1.165, 1.54) is 23.5 Å². The van der Waals surface area contributed by atoms with E-state index in [0.717, 1.165) is 11.3 Å². The first-order valence-electron chi connectivity index (χ1n) is 5.50. The molecule has 1 amide bonds. The topological polar surface area (TPSA) is 85.1 Å². The smallest absolute Gasteiger partial charge is 0.269 e. The van der Waals surface area contributed by atoms with Gasteiger partial charge in [0.25, 0.3) is 5.69 Å². The molecule has 6 nitrogen and oxygen atoms in total. The summed E-state index contributed by atoms with van der Waals surface area (Å²) in [5.74, 6) is -0.191. The van der Waals surface area contributed by atoms with Gasteiger partial charge in [-0.2, -0.15) is 0 Å². The molecular weight excluding hydrogens is 266 g/mol. The number of benzene rings is 1. The van der Waals surface area contributed by atoms with Crippen LogP contribution in [0.15, 0.2) is 29.6 Å². The summed E-state index contributed by atoms with van der Waals surface area (Å²) in [5, 5.41) is 15.6. The number of carbonyl (C=O) groups is 1. The molecular formula is C12H11N3O3S. The predicted octanol–water partition coefficient (Wildman–Crippen LogP) is 2.54. The Bertz CT molecular complexity index is 607.